The van der Waals surface area contributed by atoms with Gasteiger partial charge in [0, 0.05) is 5.56 Å². The predicted octanol–water partition coefficient (Wildman–Crippen LogP) is 3.02. The Morgan fingerprint density at radius 3 is 2.62 bits per heavy atom. The van der Waals surface area contributed by atoms with Crippen molar-refractivity contribution in [3.63, 3.8) is 0 Å². The Hall–Kier alpha value is -1.95. The monoisotopic (exact) mass is 217 g/mol. The fourth-order valence-electron chi connectivity index (χ4n) is 1.44. The van der Waals surface area contributed by atoms with Crippen LogP contribution in [0.25, 0.3) is 5.57 Å². The minimum atomic E-state index is 0.609. The van der Waals surface area contributed by atoms with Crippen LogP contribution in [-0.2, 0) is 0 Å². The smallest absolute Gasteiger partial charge is 0.127 e. The van der Waals surface area contributed by atoms with Crippen LogP contribution in [0, 0.1) is 11.3 Å². The van der Waals surface area contributed by atoms with E-state index < -0.39 is 0 Å². The third-order valence-electron chi connectivity index (χ3n) is 2.23. The Morgan fingerprint density at radius 1 is 1.38 bits per heavy atom. The summed E-state index contributed by atoms with van der Waals surface area (Å²) < 4.78 is 10.4. The van der Waals surface area contributed by atoms with Gasteiger partial charge in [0.2, 0.25) is 0 Å². The summed E-state index contributed by atoms with van der Waals surface area (Å²) in [6, 6.07) is 7.59. The first-order valence-corrected chi connectivity index (χ1v) is 5.09. The zero-order valence-corrected chi connectivity index (χ0v) is 9.78. The fourth-order valence-corrected chi connectivity index (χ4v) is 1.44. The topological polar surface area (TPSA) is 42.2 Å². The van der Waals surface area contributed by atoms with Crippen LogP contribution in [0.1, 0.15) is 18.9 Å². The average Bonchev–Trinajstić information content (AvgIpc) is 2.35. The summed E-state index contributed by atoms with van der Waals surface area (Å²) >= 11 is 0. The van der Waals surface area contributed by atoms with Gasteiger partial charge in [0.1, 0.15) is 11.5 Å². The van der Waals surface area contributed by atoms with Crippen LogP contribution in [0.3, 0.4) is 0 Å². The number of hydrogen-bond donors (Lipinski definition) is 0. The third-order valence-corrected chi connectivity index (χ3v) is 2.23. The zero-order chi connectivity index (χ0) is 12.0. The van der Waals surface area contributed by atoms with E-state index in [1.807, 2.05) is 25.1 Å². The second kappa shape index (κ2) is 5.82. The highest BCUT2D eigenvalue weighted by Gasteiger charge is 2.09. The number of methoxy groups -OCH3 is 2. The molecule has 0 saturated heterocycles. The van der Waals surface area contributed by atoms with Gasteiger partial charge in [-0.3, -0.25) is 0 Å². The molecule has 3 nitrogen and oxygen atoms in total. The van der Waals surface area contributed by atoms with Crippen molar-refractivity contribution in [1.29, 1.82) is 5.26 Å². The van der Waals surface area contributed by atoms with E-state index in [1.165, 1.54) is 0 Å². The van der Waals surface area contributed by atoms with E-state index in [0.717, 1.165) is 12.0 Å². The Labute approximate surface area is 95.9 Å². The molecule has 0 heterocycles. The van der Waals surface area contributed by atoms with Crippen molar-refractivity contribution < 1.29 is 9.47 Å². The lowest BCUT2D eigenvalue weighted by molar-refractivity contribution is 0.402. The third kappa shape index (κ3) is 2.54. The standard InChI is InChI=1S/C13H15NO2/c1-4-5-10(9-14)12-8-11(15-2)6-7-13(12)16-3/h5-8H,4H2,1-3H3/b10-5+. The highest BCUT2D eigenvalue weighted by Crippen LogP contribution is 2.29. The van der Waals surface area contributed by atoms with Gasteiger partial charge >= 0.3 is 0 Å². The van der Waals surface area contributed by atoms with Crippen LogP contribution >= 0.6 is 0 Å². The van der Waals surface area contributed by atoms with Crippen LogP contribution < -0.4 is 9.47 Å². The molecule has 16 heavy (non-hydrogen) atoms. The maximum absolute atomic E-state index is 9.08. The van der Waals surface area contributed by atoms with Crippen molar-refractivity contribution in [2.75, 3.05) is 14.2 Å². The van der Waals surface area contributed by atoms with Gasteiger partial charge in [0.05, 0.1) is 25.9 Å². The number of ether oxygens (including phenoxy) is 2. The largest absolute Gasteiger partial charge is 0.497 e. The Balaban J connectivity index is 3.28. The molecule has 0 spiro atoms. The van der Waals surface area contributed by atoms with Crippen LogP contribution in [-0.4, -0.2) is 14.2 Å². The summed E-state index contributed by atoms with van der Waals surface area (Å²) in [5.74, 6) is 1.40. The molecule has 0 fully saturated rings. The molecule has 0 unspecified atom stereocenters. The van der Waals surface area contributed by atoms with E-state index in [2.05, 4.69) is 6.07 Å². The quantitative estimate of drug-likeness (QED) is 0.728. The molecule has 0 radical (unpaired) electrons. The van der Waals surface area contributed by atoms with Gasteiger partial charge in [-0.05, 0) is 24.6 Å². The molecule has 0 saturated carbocycles. The van der Waals surface area contributed by atoms with E-state index in [0.29, 0.717) is 17.1 Å². The molecule has 0 aliphatic carbocycles. The SMILES string of the molecule is CC/C=C(\C#N)c1cc(OC)ccc1OC. The minimum absolute atomic E-state index is 0.609. The van der Waals surface area contributed by atoms with Gasteiger partial charge in [-0.1, -0.05) is 13.0 Å². The fraction of sp³-hybridized carbons (Fsp3) is 0.308. The number of rotatable bonds is 4. The van der Waals surface area contributed by atoms with Crippen LogP contribution in [0.2, 0.25) is 0 Å². The summed E-state index contributed by atoms with van der Waals surface area (Å²) in [6.07, 6.45) is 2.68. The van der Waals surface area contributed by atoms with Gasteiger partial charge < -0.3 is 9.47 Å². The van der Waals surface area contributed by atoms with Crippen molar-refractivity contribution in [2.24, 2.45) is 0 Å². The molecule has 0 aliphatic heterocycles. The first-order chi connectivity index (χ1) is 7.76. The molecule has 0 atom stereocenters. The molecule has 0 bridgehead atoms. The highest BCUT2D eigenvalue weighted by molar-refractivity contribution is 5.80. The number of allylic oxidation sites excluding steroid dienone is 2. The van der Waals surface area contributed by atoms with Gasteiger partial charge in [-0.15, -0.1) is 0 Å². The van der Waals surface area contributed by atoms with Gasteiger partial charge in [0.15, 0.2) is 0 Å². The second-order valence-corrected chi connectivity index (χ2v) is 3.20. The Bertz CT molecular complexity index is 430. The first kappa shape index (κ1) is 12.1. The average molecular weight is 217 g/mol. The maximum Gasteiger partial charge on any atom is 0.127 e. The van der Waals surface area contributed by atoms with Crippen molar-refractivity contribution in [2.45, 2.75) is 13.3 Å². The lowest BCUT2D eigenvalue weighted by atomic mass is 10.0. The summed E-state index contributed by atoms with van der Waals surface area (Å²) in [5.41, 5.74) is 1.38. The molecule has 1 aromatic rings. The number of nitriles is 1. The van der Waals surface area contributed by atoms with E-state index in [9.17, 15) is 0 Å². The highest BCUT2D eigenvalue weighted by atomic mass is 16.5. The lowest BCUT2D eigenvalue weighted by Crippen LogP contribution is -1.92. The zero-order valence-electron chi connectivity index (χ0n) is 9.78. The van der Waals surface area contributed by atoms with Crippen molar-refractivity contribution in [3.05, 3.63) is 29.8 Å². The summed E-state index contributed by atoms with van der Waals surface area (Å²) in [7, 11) is 3.19. The Morgan fingerprint density at radius 2 is 2.12 bits per heavy atom. The van der Waals surface area contributed by atoms with Gasteiger partial charge in [0.25, 0.3) is 0 Å². The normalized spacial score (nSPS) is 10.8. The molecule has 1 aromatic carbocycles. The lowest BCUT2D eigenvalue weighted by Gasteiger charge is -2.09. The van der Waals surface area contributed by atoms with Crippen molar-refractivity contribution >= 4 is 5.57 Å². The second-order valence-electron chi connectivity index (χ2n) is 3.20. The summed E-state index contributed by atoms with van der Waals surface area (Å²) in [6.45, 7) is 1.99. The maximum atomic E-state index is 9.08. The Kier molecular flexibility index (Phi) is 4.41. The number of benzene rings is 1. The van der Waals surface area contributed by atoms with Gasteiger partial charge in [-0.25, -0.2) is 0 Å². The molecule has 1 rings (SSSR count). The van der Waals surface area contributed by atoms with Crippen molar-refractivity contribution in [1.82, 2.24) is 0 Å². The van der Waals surface area contributed by atoms with E-state index in [4.69, 9.17) is 14.7 Å². The van der Waals surface area contributed by atoms with Crippen molar-refractivity contribution in [3.8, 4) is 17.6 Å². The molecule has 84 valence electrons. The molecular weight excluding hydrogens is 202 g/mol. The van der Waals surface area contributed by atoms with Crippen LogP contribution in [0.15, 0.2) is 24.3 Å². The molecule has 0 amide bonds. The molecule has 3 heteroatoms. The number of hydrogen-bond acceptors (Lipinski definition) is 3. The molecular formula is C13H15NO2. The summed E-state index contributed by atoms with van der Waals surface area (Å²) in [4.78, 5) is 0. The van der Waals surface area contributed by atoms with Crippen LogP contribution in [0.4, 0.5) is 0 Å². The summed E-state index contributed by atoms with van der Waals surface area (Å²) in [5, 5.41) is 9.08. The van der Waals surface area contributed by atoms with E-state index in [-0.39, 0.29) is 0 Å². The van der Waals surface area contributed by atoms with E-state index in [1.54, 1.807) is 20.3 Å². The minimum Gasteiger partial charge on any atom is -0.497 e. The predicted molar refractivity (Wildman–Crippen MR) is 63.4 cm³/mol. The number of nitrogens with zero attached hydrogens (tertiary/aromatic N) is 1. The molecule has 0 aromatic heterocycles. The molecule has 0 N–H and O–H groups in total. The molecule has 0 aliphatic rings. The van der Waals surface area contributed by atoms with E-state index >= 15 is 0 Å². The van der Waals surface area contributed by atoms with Gasteiger partial charge in [-0.2, -0.15) is 5.26 Å². The van der Waals surface area contributed by atoms with Crippen LogP contribution in [0.5, 0.6) is 11.5 Å². The first-order valence-electron chi connectivity index (χ1n) is 5.09.